The third-order valence-corrected chi connectivity index (χ3v) is 5.71. The Morgan fingerprint density at radius 1 is 1.00 bits per heavy atom. The molecular formula is C22H33N3O8S. The number of benzene rings is 1. The summed E-state index contributed by atoms with van der Waals surface area (Å²) in [5, 5.41) is 16.1. The predicted molar refractivity (Wildman–Crippen MR) is 128 cm³/mol. The van der Waals surface area contributed by atoms with E-state index in [9.17, 15) is 29.1 Å². The highest BCUT2D eigenvalue weighted by Crippen LogP contribution is 2.33. The number of carboxylic acids is 1. The van der Waals surface area contributed by atoms with Gasteiger partial charge in [-0.2, -0.15) is 0 Å². The largest absolute Gasteiger partial charge is 0.480 e. The van der Waals surface area contributed by atoms with Crippen molar-refractivity contribution in [2.45, 2.75) is 32.0 Å². The molecule has 0 aliphatic carbocycles. The first-order chi connectivity index (χ1) is 15.9. The van der Waals surface area contributed by atoms with E-state index in [0.717, 1.165) is 5.56 Å². The molecule has 190 valence electrons. The van der Waals surface area contributed by atoms with Gasteiger partial charge in [0.05, 0.1) is 13.0 Å². The Kier molecular flexibility index (Phi) is 11.9. The number of hydrogen-bond acceptors (Lipinski definition) is 7. The van der Waals surface area contributed by atoms with Gasteiger partial charge in [-0.05, 0) is 31.3 Å². The Balaban J connectivity index is 2.39. The van der Waals surface area contributed by atoms with Gasteiger partial charge in [-0.1, -0.05) is 30.3 Å². The topological polar surface area (TPSA) is 160 Å². The molecule has 4 N–H and O–H groups in total. The van der Waals surface area contributed by atoms with Gasteiger partial charge in [0, 0.05) is 5.75 Å². The van der Waals surface area contributed by atoms with E-state index in [-0.39, 0.29) is 13.2 Å². The maximum atomic E-state index is 12.3. The molecule has 0 aliphatic rings. The molecule has 12 heteroatoms. The van der Waals surface area contributed by atoms with Crippen molar-refractivity contribution in [3.63, 3.8) is 0 Å². The van der Waals surface area contributed by atoms with Crippen LogP contribution >= 0.6 is 10.0 Å². The number of ether oxygens (including phenoxy) is 2. The number of carboxylic acid groups (broad SMARTS) is 1. The number of hydrogen-bond donors (Lipinski definition) is 4. The molecule has 3 amide bonds. The van der Waals surface area contributed by atoms with Crippen molar-refractivity contribution < 1.29 is 38.6 Å². The van der Waals surface area contributed by atoms with Gasteiger partial charge in [0.2, 0.25) is 11.8 Å². The molecule has 0 saturated carbocycles. The van der Waals surface area contributed by atoms with E-state index in [1.807, 2.05) is 6.07 Å². The van der Waals surface area contributed by atoms with Crippen LogP contribution in [0.3, 0.4) is 0 Å². The number of carbonyl (C=O) groups is 5. The van der Waals surface area contributed by atoms with E-state index < -0.39 is 64.9 Å². The van der Waals surface area contributed by atoms with Crippen LogP contribution in [0.1, 0.15) is 18.9 Å². The summed E-state index contributed by atoms with van der Waals surface area (Å²) in [6.45, 7) is 1.09. The third kappa shape index (κ3) is 12.7. The van der Waals surface area contributed by atoms with E-state index in [2.05, 4.69) is 34.7 Å². The smallest absolute Gasteiger partial charge is 0.407 e. The van der Waals surface area contributed by atoms with Gasteiger partial charge >= 0.3 is 18.0 Å². The van der Waals surface area contributed by atoms with Crippen LogP contribution in [-0.2, 0) is 35.3 Å². The van der Waals surface area contributed by atoms with Gasteiger partial charge in [0.25, 0.3) is 0 Å². The molecule has 2 atom stereocenters. The molecule has 0 radical (unpaired) electrons. The maximum Gasteiger partial charge on any atom is 0.407 e. The number of nitrogens with one attached hydrogen (secondary N) is 3. The van der Waals surface area contributed by atoms with Crippen LogP contribution in [0, 0.1) is 0 Å². The van der Waals surface area contributed by atoms with Gasteiger partial charge in [-0.25, -0.2) is 19.6 Å². The van der Waals surface area contributed by atoms with E-state index in [0.29, 0.717) is 5.75 Å². The monoisotopic (exact) mass is 499 g/mol. The van der Waals surface area contributed by atoms with Crippen molar-refractivity contribution in [3.8, 4) is 0 Å². The van der Waals surface area contributed by atoms with Crippen LogP contribution in [0.5, 0.6) is 0 Å². The van der Waals surface area contributed by atoms with E-state index in [1.165, 1.54) is 6.92 Å². The molecular weight excluding hydrogens is 466 g/mol. The molecule has 0 bridgehead atoms. The molecule has 0 heterocycles. The van der Waals surface area contributed by atoms with Gasteiger partial charge in [0.1, 0.15) is 25.2 Å². The zero-order chi connectivity index (χ0) is 25.7. The molecule has 1 aromatic carbocycles. The zero-order valence-corrected chi connectivity index (χ0v) is 20.6. The highest BCUT2D eigenvalue weighted by molar-refractivity contribution is 8.32. The SMILES string of the molecule is C[C@H](NC(=O)CNC(=O)OCc1ccccc1)C(=O)N[C@@H](CC(=O)OCCS(C)(C)C)C(=O)O. The molecule has 11 nitrogen and oxygen atoms in total. The van der Waals surface area contributed by atoms with Crippen molar-refractivity contribution in [2.75, 3.05) is 37.7 Å². The predicted octanol–water partition coefficient (Wildman–Crippen LogP) is 0.614. The van der Waals surface area contributed by atoms with Crippen molar-refractivity contribution in [1.82, 2.24) is 16.0 Å². The normalized spacial score (nSPS) is 13.1. The molecule has 1 aromatic rings. The summed E-state index contributed by atoms with van der Waals surface area (Å²) < 4.78 is 10.0. The molecule has 0 aliphatic heterocycles. The lowest BCUT2D eigenvalue weighted by molar-refractivity contribution is -0.150. The summed E-state index contributed by atoms with van der Waals surface area (Å²) in [7, 11) is -0.870. The Bertz CT molecular complexity index is 857. The minimum absolute atomic E-state index is 0.0312. The lowest BCUT2D eigenvalue weighted by Crippen LogP contribution is -2.52. The van der Waals surface area contributed by atoms with Crippen molar-refractivity contribution >= 4 is 39.9 Å². The number of aliphatic carboxylic acids is 1. The van der Waals surface area contributed by atoms with E-state index >= 15 is 0 Å². The number of amides is 3. The second kappa shape index (κ2) is 14.1. The average molecular weight is 500 g/mol. The lowest BCUT2D eigenvalue weighted by Gasteiger charge is -2.24. The maximum absolute atomic E-state index is 12.3. The number of carbonyl (C=O) groups excluding carboxylic acids is 4. The summed E-state index contributed by atoms with van der Waals surface area (Å²) in [6, 6.07) is 6.34. The fraction of sp³-hybridized carbons (Fsp3) is 0.500. The summed E-state index contributed by atoms with van der Waals surface area (Å²) in [6.07, 6.45) is 4.81. The molecule has 34 heavy (non-hydrogen) atoms. The average Bonchev–Trinajstić information content (AvgIpc) is 2.75. The van der Waals surface area contributed by atoms with Crippen LogP contribution in [0.15, 0.2) is 30.3 Å². The van der Waals surface area contributed by atoms with Crippen molar-refractivity contribution in [3.05, 3.63) is 35.9 Å². The summed E-state index contributed by atoms with van der Waals surface area (Å²) in [5.41, 5.74) is 0.777. The van der Waals surface area contributed by atoms with Crippen molar-refractivity contribution in [1.29, 1.82) is 0 Å². The van der Waals surface area contributed by atoms with Crippen LogP contribution in [0.2, 0.25) is 0 Å². The van der Waals surface area contributed by atoms with Gasteiger partial charge < -0.3 is 30.5 Å². The van der Waals surface area contributed by atoms with Crippen molar-refractivity contribution in [2.24, 2.45) is 0 Å². The molecule has 0 spiro atoms. The van der Waals surface area contributed by atoms with Crippen LogP contribution < -0.4 is 16.0 Å². The first-order valence-corrected chi connectivity index (χ1v) is 13.5. The van der Waals surface area contributed by atoms with Crippen LogP contribution in [-0.4, -0.2) is 84.7 Å². The number of esters is 1. The van der Waals surface area contributed by atoms with Gasteiger partial charge in [0.15, 0.2) is 0 Å². The Hall–Kier alpha value is -3.28. The standard InChI is InChI=1S/C22H33N3O8S/c1-15(24-18(26)13-23-22(31)33-14-16-8-6-5-7-9-16)20(28)25-17(21(29)30)12-19(27)32-10-11-34(2,3)4/h5-9,15,17H,10-14H2,1-4H3,(H,23,31)(H,24,26)(H,25,28)(H,29,30)/t15-,17-/m0/s1. The summed E-state index contributed by atoms with van der Waals surface area (Å²) >= 11 is 0. The second-order valence-electron chi connectivity index (χ2n) is 8.32. The fourth-order valence-electron chi connectivity index (χ4n) is 2.41. The van der Waals surface area contributed by atoms with E-state index in [1.54, 1.807) is 24.3 Å². The molecule has 0 fully saturated rings. The third-order valence-electron chi connectivity index (χ3n) is 4.32. The number of alkyl carbamates (subject to hydrolysis) is 1. The second-order valence-corrected chi connectivity index (χ2v) is 12.9. The molecule has 0 saturated heterocycles. The Morgan fingerprint density at radius 3 is 2.24 bits per heavy atom. The lowest BCUT2D eigenvalue weighted by atomic mass is 10.2. The zero-order valence-electron chi connectivity index (χ0n) is 19.8. The fourth-order valence-corrected chi connectivity index (χ4v) is 3.00. The van der Waals surface area contributed by atoms with Gasteiger partial charge in [-0.15, -0.1) is 0 Å². The molecule has 1 rings (SSSR count). The number of rotatable bonds is 13. The van der Waals surface area contributed by atoms with E-state index in [4.69, 9.17) is 9.47 Å². The summed E-state index contributed by atoms with van der Waals surface area (Å²) in [4.78, 5) is 59.3. The first-order valence-electron chi connectivity index (χ1n) is 10.5. The minimum Gasteiger partial charge on any atom is -0.480 e. The highest BCUT2D eigenvalue weighted by atomic mass is 32.3. The summed E-state index contributed by atoms with van der Waals surface area (Å²) in [5.74, 6) is -2.96. The molecule has 0 aromatic heterocycles. The Morgan fingerprint density at radius 2 is 1.65 bits per heavy atom. The Labute approximate surface area is 200 Å². The minimum atomic E-state index is -1.51. The molecule has 0 unspecified atom stereocenters. The first kappa shape index (κ1) is 28.8. The van der Waals surface area contributed by atoms with Crippen LogP contribution in [0.4, 0.5) is 4.79 Å². The quantitative estimate of drug-likeness (QED) is 0.287. The highest BCUT2D eigenvalue weighted by Gasteiger charge is 2.27. The van der Waals surface area contributed by atoms with Gasteiger partial charge in [-0.3, -0.25) is 14.4 Å². The van der Waals surface area contributed by atoms with Crippen LogP contribution in [0.25, 0.3) is 0 Å².